The Bertz CT molecular complexity index is 1070. The van der Waals surface area contributed by atoms with Gasteiger partial charge in [-0.3, -0.25) is 9.69 Å². The molecule has 4 rings (SSSR count). The van der Waals surface area contributed by atoms with Crippen molar-refractivity contribution in [2.24, 2.45) is 0 Å². The summed E-state index contributed by atoms with van der Waals surface area (Å²) >= 11 is 0. The van der Waals surface area contributed by atoms with E-state index >= 15 is 0 Å². The zero-order chi connectivity index (χ0) is 22.0. The molecule has 1 aromatic carbocycles. The molecule has 0 radical (unpaired) electrons. The van der Waals surface area contributed by atoms with Gasteiger partial charge in [0.1, 0.15) is 5.75 Å². The van der Waals surface area contributed by atoms with E-state index in [4.69, 9.17) is 9.26 Å². The Morgan fingerprint density at radius 2 is 2.03 bits per heavy atom. The quantitative estimate of drug-likeness (QED) is 0.614. The van der Waals surface area contributed by atoms with E-state index in [-0.39, 0.29) is 17.9 Å². The number of ether oxygens (including phenoxy) is 1. The predicted octanol–water partition coefficient (Wildman–Crippen LogP) is 4.23. The molecule has 0 bridgehead atoms. The van der Waals surface area contributed by atoms with Gasteiger partial charge in [0, 0.05) is 12.2 Å². The van der Waals surface area contributed by atoms with E-state index in [1.54, 1.807) is 7.11 Å². The number of rotatable bonds is 7. The van der Waals surface area contributed by atoms with Crippen molar-refractivity contribution in [2.75, 3.05) is 26.7 Å². The lowest BCUT2D eigenvalue weighted by Gasteiger charge is -2.28. The van der Waals surface area contributed by atoms with E-state index in [1.165, 1.54) is 12.8 Å². The number of amides is 1. The topological polar surface area (TPSA) is 80.5 Å². The summed E-state index contributed by atoms with van der Waals surface area (Å²) in [5, 5.41) is 7.87. The molecule has 1 aliphatic rings. The van der Waals surface area contributed by atoms with Crippen LogP contribution in [0.4, 0.5) is 0 Å². The molecule has 2 aromatic heterocycles. The second-order valence-corrected chi connectivity index (χ2v) is 8.44. The van der Waals surface area contributed by atoms with Gasteiger partial charge in [-0.15, -0.1) is 0 Å². The highest BCUT2D eigenvalue weighted by atomic mass is 16.5. The van der Waals surface area contributed by atoms with Crippen LogP contribution in [-0.2, 0) is 0 Å². The smallest absolute Gasteiger partial charge is 0.259 e. The molecule has 0 saturated carbocycles. The van der Waals surface area contributed by atoms with Crippen molar-refractivity contribution in [3.63, 3.8) is 0 Å². The fraction of sp³-hybridized carbons (Fsp3) is 0.458. The zero-order valence-electron chi connectivity index (χ0n) is 18.6. The second kappa shape index (κ2) is 9.06. The number of nitrogens with one attached hydrogen (secondary N) is 1. The minimum atomic E-state index is -0.132. The Morgan fingerprint density at radius 1 is 1.26 bits per heavy atom. The maximum atomic E-state index is 13.3. The lowest BCUT2D eigenvalue weighted by Crippen LogP contribution is -2.37. The van der Waals surface area contributed by atoms with Crippen molar-refractivity contribution in [1.82, 2.24) is 20.4 Å². The molecule has 7 nitrogen and oxygen atoms in total. The Morgan fingerprint density at radius 3 is 2.74 bits per heavy atom. The predicted molar refractivity (Wildman–Crippen MR) is 120 cm³/mol. The highest BCUT2D eigenvalue weighted by Gasteiger charge is 2.26. The summed E-state index contributed by atoms with van der Waals surface area (Å²) in [6.45, 7) is 8.50. The van der Waals surface area contributed by atoms with Gasteiger partial charge in [-0.05, 0) is 62.5 Å². The van der Waals surface area contributed by atoms with Crippen LogP contribution in [-0.4, -0.2) is 47.7 Å². The van der Waals surface area contributed by atoms with Crippen molar-refractivity contribution in [2.45, 2.75) is 45.6 Å². The average Bonchev–Trinajstić information content (AvgIpc) is 3.44. The number of carbonyl (C=O) groups excluding carboxylic acids is 1. The van der Waals surface area contributed by atoms with Gasteiger partial charge >= 0.3 is 0 Å². The van der Waals surface area contributed by atoms with Gasteiger partial charge in [-0.2, -0.15) is 0 Å². The lowest BCUT2D eigenvalue weighted by molar-refractivity contribution is 0.0939. The molecule has 1 fully saturated rings. The number of hydrogen-bond acceptors (Lipinski definition) is 6. The fourth-order valence-electron chi connectivity index (χ4n) is 4.23. The number of fused-ring (bicyclic) bond motifs is 1. The van der Waals surface area contributed by atoms with E-state index in [1.807, 2.05) is 39.0 Å². The Balaban J connectivity index is 1.61. The third kappa shape index (κ3) is 4.42. The molecule has 1 aliphatic heterocycles. The summed E-state index contributed by atoms with van der Waals surface area (Å²) in [5.74, 6) is 0.869. The van der Waals surface area contributed by atoms with E-state index in [2.05, 4.69) is 32.5 Å². The fourth-order valence-corrected chi connectivity index (χ4v) is 4.23. The van der Waals surface area contributed by atoms with Crippen molar-refractivity contribution < 1.29 is 14.1 Å². The first-order chi connectivity index (χ1) is 15.0. The number of likely N-dealkylation sites (tertiary alicyclic amines) is 1. The van der Waals surface area contributed by atoms with E-state index in [0.29, 0.717) is 28.9 Å². The van der Waals surface area contributed by atoms with Crippen LogP contribution in [0.2, 0.25) is 0 Å². The standard InChI is InChI=1S/C24H30N4O3/c1-15(2)20-13-19(22-16(3)27-31-24(22)26-20)23(29)25-14-21(28-10-5-6-11-28)17-8-7-9-18(12-17)30-4/h7-9,12-13,15,21H,5-6,10-11,14H2,1-4H3,(H,25,29). The summed E-state index contributed by atoms with van der Waals surface area (Å²) in [5.41, 5.74) is 3.62. The lowest BCUT2D eigenvalue weighted by atomic mass is 10.0. The molecule has 0 spiro atoms. The number of hydrogen-bond donors (Lipinski definition) is 1. The average molecular weight is 423 g/mol. The van der Waals surface area contributed by atoms with Crippen molar-refractivity contribution in [3.8, 4) is 5.75 Å². The number of pyridine rings is 1. The molecule has 1 amide bonds. The number of methoxy groups -OCH3 is 1. The maximum absolute atomic E-state index is 13.3. The molecular formula is C24H30N4O3. The molecule has 1 N–H and O–H groups in total. The minimum absolute atomic E-state index is 0.0898. The zero-order valence-corrected chi connectivity index (χ0v) is 18.6. The number of aryl methyl sites for hydroxylation is 1. The largest absolute Gasteiger partial charge is 0.497 e. The monoisotopic (exact) mass is 422 g/mol. The first-order valence-corrected chi connectivity index (χ1v) is 10.9. The third-order valence-electron chi connectivity index (χ3n) is 5.99. The summed E-state index contributed by atoms with van der Waals surface area (Å²) < 4.78 is 10.8. The number of benzene rings is 1. The Kier molecular flexibility index (Phi) is 6.23. The van der Waals surface area contributed by atoms with Crippen LogP contribution in [0.5, 0.6) is 5.75 Å². The first-order valence-electron chi connectivity index (χ1n) is 10.9. The molecule has 164 valence electrons. The molecule has 0 aliphatic carbocycles. The van der Waals surface area contributed by atoms with Gasteiger partial charge in [-0.1, -0.05) is 31.1 Å². The Labute approximate surface area is 182 Å². The van der Waals surface area contributed by atoms with Crippen LogP contribution in [0.25, 0.3) is 11.1 Å². The molecule has 1 atom stereocenters. The minimum Gasteiger partial charge on any atom is -0.497 e. The van der Waals surface area contributed by atoms with Crippen molar-refractivity contribution >= 4 is 17.0 Å². The summed E-state index contributed by atoms with van der Waals surface area (Å²) in [4.78, 5) is 20.3. The van der Waals surface area contributed by atoms with Gasteiger partial charge < -0.3 is 14.6 Å². The number of carbonyl (C=O) groups is 1. The molecule has 1 unspecified atom stereocenters. The molecule has 3 aromatic rings. The summed E-state index contributed by atoms with van der Waals surface area (Å²) in [6, 6.07) is 10.1. The number of nitrogens with zero attached hydrogens (tertiary/aromatic N) is 3. The van der Waals surface area contributed by atoms with E-state index < -0.39 is 0 Å². The van der Waals surface area contributed by atoms with Crippen LogP contribution in [0.15, 0.2) is 34.9 Å². The normalized spacial score (nSPS) is 15.5. The van der Waals surface area contributed by atoms with E-state index in [0.717, 1.165) is 30.1 Å². The maximum Gasteiger partial charge on any atom is 0.259 e. The van der Waals surface area contributed by atoms with Crippen LogP contribution in [0.3, 0.4) is 0 Å². The van der Waals surface area contributed by atoms with Crippen LogP contribution in [0.1, 0.15) is 66.0 Å². The number of aromatic nitrogens is 2. The van der Waals surface area contributed by atoms with Gasteiger partial charge in [0.25, 0.3) is 11.6 Å². The Hall–Kier alpha value is -2.93. The van der Waals surface area contributed by atoms with Gasteiger partial charge in [0.15, 0.2) is 0 Å². The van der Waals surface area contributed by atoms with Crippen molar-refractivity contribution in [1.29, 1.82) is 0 Å². The summed E-state index contributed by atoms with van der Waals surface area (Å²) in [7, 11) is 1.67. The van der Waals surface area contributed by atoms with Crippen molar-refractivity contribution in [3.05, 3.63) is 52.8 Å². The third-order valence-corrected chi connectivity index (χ3v) is 5.99. The van der Waals surface area contributed by atoms with Gasteiger partial charge in [0.05, 0.1) is 29.8 Å². The highest BCUT2D eigenvalue weighted by molar-refractivity contribution is 6.06. The SMILES string of the molecule is COc1cccc(C(CNC(=O)c2cc(C(C)C)nc3onc(C)c23)N2CCCC2)c1. The highest BCUT2D eigenvalue weighted by Crippen LogP contribution is 2.28. The summed E-state index contributed by atoms with van der Waals surface area (Å²) in [6.07, 6.45) is 2.36. The van der Waals surface area contributed by atoms with Gasteiger partial charge in [0.2, 0.25) is 0 Å². The molecule has 3 heterocycles. The van der Waals surface area contributed by atoms with E-state index in [9.17, 15) is 4.79 Å². The van der Waals surface area contributed by atoms with Crippen LogP contribution in [0, 0.1) is 6.92 Å². The first kappa shape index (κ1) is 21.3. The molecule has 7 heteroatoms. The molecule has 1 saturated heterocycles. The second-order valence-electron chi connectivity index (χ2n) is 8.44. The van der Waals surface area contributed by atoms with Crippen LogP contribution < -0.4 is 10.1 Å². The molecule has 31 heavy (non-hydrogen) atoms. The molecular weight excluding hydrogens is 392 g/mol. The van der Waals surface area contributed by atoms with Crippen LogP contribution >= 0.6 is 0 Å². The van der Waals surface area contributed by atoms with Gasteiger partial charge in [-0.25, -0.2) is 4.98 Å².